The van der Waals surface area contributed by atoms with E-state index in [0.717, 1.165) is 11.1 Å². The van der Waals surface area contributed by atoms with Crippen LogP contribution >= 0.6 is 11.6 Å². The first kappa shape index (κ1) is 24.3. The Bertz CT molecular complexity index is 1420. The molecule has 1 N–H and O–H groups in total. The highest BCUT2D eigenvalue weighted by Crippen LogP contribution is 2.29. The molecule has 2 aromatic heterocycles. The third-order valence-electron chi connectivity index (χ3n) is 5.33. The number of aromatic nitrogens is 4. The summed E-state index contributed by atoms with van der Waals surface area (Å²) in [5.41, 5.74) is 2.43. The molecule has 0 aliphatic rings. The van der Waals surface area contributed by atoms with Gasteiger partial charge in [-0.2, -0.15) is 9.50 Å². The molecule has 2 aromatic carbocycles. The molecule has 4 aromatic rings. The van der Waals surface area contributed by atoms with Crippen molar-refractivity contribution in [2.75, 3.05) is 11.9 Å². The largest absolute Gasteiger partial charge is 0.485 e. The van der Waals surface area contributed by atoms with Gasteiger partial charge in [0.2, 0.25) is 0 Å². The molecule has 0 fully saturated rings. The average Bonchev–Trinajstić information content (AvgIpc) is 3.23. The molecule has 4 rings (SSSR count). The van der Waals surface area contributed by atoms with Crippen LogP contribution in [0.15, 0.2) is 53.6 Å². The molecule has 0 aliphatic carbocycles. The molecule has 0 spiro atoms. The maximum atomic E-state index is 12.6. The van der Waals surface area contributed by atoms with Crippen LogP contribution in [0.4, 0.5) is 5.69 Å². The number of carbonyl (C=O) groups is 1. The summed E-state index contributed by atoms with van der Waals surface area (Å²) in [6.45, 7) is 7.58. The number of hydrogen-bond acceptors (Lipinski definition) is 6. The average molecular weight is 496 g/mol. The quantitative estimate of drug-likeness (QED) is 0.390. The molecule has 1 amide bonds. The van der Waals surface area contributed by atoms with Gasteiger partial charge in [0, 0.05) is 17.1 Å². The van der Waals surface area contributed by atoms with Crippen LogP contribution in [0.5, 0.6) is 11.5 Å². The van der Waals surface area contributed by atoms with Crippen molar-refractivity contribution in [3.05, 3.63) is 81.0 Å². The van der Waals surface area contributed by atoms with Crippen LogP contribution in [0.3, 0.4) is 0 Å². The lowest BCUT2D eigenvalue weighted by Crippen LogP contribution is -2.23. The van der Waals surface area contributed by atoms with Crippen LogP contribution in [0.2, 0.25) is 5.02 Å². The highest BCUT2D eigenvalue weighted by Gasteiger charge is 2.14. The normalized spacial score (nSPS) is 11.1. The van der Waals surface area contributed by atoms with Crippen molar-refractivity contribution in [1.29, 1.82) is 0 Å². The number of ether oxygens (including phenoxy) is 2. The second-order valence-electron chi connectivity index (χ2n) is 8.40. The Morgan fingerprint density at radius 1 is 1.11 bits per heavy atom. The number of aryl methyl sites for hydroxylation is 2. The maximum Gasteiger partial charge on any atom is 0.274 e. The number of amides is 1. The fraction of sp³-hybridized carbons (Fsp3) is 0.280. The van der Waals surface area contributed by atoms with Gasteiger partial charge in [0.15, 0.2) is 6.61 Å². The SMILES string of the molecule is Cc1cccc(C)c1OCC(=O)Nc1cc(Cl)ccc1OCc1cc(=O)n2c(ncn2C(C)C)n1. The number of anilines is 1. The lowest BCUT2D eigenvalue weighted by Gasteiger charge is -2.15. The Kier molecular flexibility index (Phi) is 7.07. The number of nitrogens with one attached hydrogen (secondary N) is 1. The van der Waals surface area contributed by atoms with Gasteiger partial charge in [-0.15, -0.1) is 0 Å². The molecule has 0 aliphatic heterocycles. The molecule has 0 radical (unpaired) electrons. The molecule has 10 heteroatoms. The molecule has 2 heterocycles. The van der Waals surface area contributed by atoms with Crippen molar-refractivity contribution >= 4 is 29.0 Å². The lowest BCUT2D eigenvalue weighted by molar-refractivity contribution is -0.118. The van der Waals surface area contributed by atoms with Gasteiger partial charge in [-0.1, -0.05) is 29.8 Å². The van der Waals surface area contributed by atoms with Crippen LogP contribution < -0.4 is 20.3 Å². The minimum Gasteiger partial charge on any atom is -0.485 e. The van der Waals surface area contributed by atoms with E-state index >= 15 is 0 Å². The van der Waals surface area contributed by atoms with E-state index in [4.69, 9.17) is 21.1 Å². The molecule has 35 heavy (non-hydrogen) atoms. The predicted octanol–water partition coefficient (Wildman–Crippen LogP) is 4.34. The third-order valence-corrected chi connectivity index (χ3v) is 5.57. The molecular weight excluding hydrogens is 470 g/mol. The Labute approximate surface area is 207 Å². The number of rotatable bonds is 8. The van der Waals surface area contributed by atoms with Crippen molar-refractivity contribution in [1.82, 2.24) is 19.2 Å². The monoisotopic (exact) mass is 495 g/mol. The summed E-state index contributed by atoms with van der Waals surface area (Å²) in [5.74, 6) is 0.984. The third kappa shape index (κ3) is 5.46. The summed E-state index contributed by atoms with van der Waals surface area (Å²) in [6, 6.07) is 12.1. The minimum atomic E-state index is -0.364. The van der Waals surface area contributed by atoms with Crippen LogP contribution in [0.1, 0.15) is 36.7 Å². The molecule has 0 bridgehead atoms. The van der Waals surface area contributed by atoms with Crippen molar-refractivity contribution in [3.63, 3.8) is 0 Å². The zero-order valence-electron chi connectivity index (χ0n) is 19.9. The number of nitrogens with zero attached hydrogens (tertiary/aromatic N) is 4. The summed E-state index contributed by atoms with van der Waals surface area (Å²) in [6.07, 6.45) is 1.58. The minimum absolute atomic E-state index is 0.00366. The number of para-hydroxylation sites is 1. The Morgan fingerprint density at radius 3 is 2.57 bits per heavy atom. The molecule has 0 saturated carbocycles. The van der Waals surface area contributed by atoms with E-state index in [1.54, 1.807) is 29.2 Å². The van der Waals surface area contributed by atoms with Gasteiger partial charge in [-0.05, 0) is 57.0 Å². The fourth-order valence-electron chi connectivity index (χ4n) is 3.64. The first-order valence-electron chi connectivity index (χ1n) is 11.1. The maximum absolute atomic E-state index is 12.6. The van der Waals surface area contributed by atoms with Crippen molar-refractivity contribution < 1.29 is 14.3 Å². The van der Waals surface area contributed by atoms with E-state index in [9.17, 15) is 9.59 Å². The molecular formula is C25H26ClN5O4. The second kappa shape index (κ2) is 10.2. The van der Waals surface area contributed by atoms with E-state index in [1.165, 1.54) is 10.6 Å². The highest BCUT2D eigenvalue weighted by molar-refractivity contribution is 6.31. The van der Waals surface area contributed by atoms with Crippen LogP contribution in [-0.2, 0) is 11.4 Å². The van der Waals surface area contributed by atoms with Gasteiger partial charge in [-0.3, -0.25) is 14.3 Å². The van der Waals surface area contributed by atoms with Gasteiger partial charge < -0.3 is 14.8 Å². The zero-order valence-corrected chi connectivity index (χ0v) is 20.7. The Balaban J connectivity index is 1.47. The number of carbonyl (C=O) groups excluding carboxylic acids is 1. The zero-order chi connectivity index (χ0) is 25.1. The van der Waals surface area contributed by atoms with Crippen molar-refractivity contribution in [2.24, 2.45) is 0 Å². The summed E-state index contributed by atoms with van der Waals surface area (Å²) in [4.78, 5) is 33.8. The molecule has 0 atom stereocenters. The summed E-state index contributed by atoms with van der Waals surface area (Å²) >= 11 is 6.14. The standard InChI is InChI=1S/C25H26ClN5O4/c1-15(2)30-14-27-25-28-19(11-23(33)31(25)30)12-34-21-9-8-18(26)10-20(21)29-22(32)13-35-24-16(3)6-5-7-17(24)4/h5-11,14-15H,12-13H2,1-4H3,(H,29,32). The van der Waals surface area contributed by atoms with Crippen LogP contribution in [0, 0.1) is 13.8 Å². The molecule has 0 saturated heterocycles. The second-order valence-corrected chi connectivity index (χ2v) is 8.84. The van der Waals surface area contributed by atoms with Gasteiger partial charge in [-0.25, -0.2) is 4.98 Å². The van der Waals surface area contributed by atoms with E-state index in [0.29, 0.717) is 27.9 Å². The Hall–Kier alpha value is -3.85. The topological polar surface area (TPSA) is 99.7 Å². The number of benzene rings is 2. The van der Waals surface area contributed by atoms with E-state index in [-0.39, 0.29) is 36.5 Å². The molecule has 182 valence electrons. The van der Waals surface area contributed by atoms with Crippen LogP contribution in [-0.4, -0.2) is 31.7 Å². The van der Waals surface area contributed by atoms with Crippen molar-refractivity contribution in [3.8, 4) is 11.5 Å². The smallest absolute Gasteiger partial charge is 0.274 e. The number of hydrogen-bond donors (Lipinski definition) is 1. The summed E-state index contributed by atoms with van der Waals surface area (Å²) < 4.78 is 14.7. The first-order chi connectivity index (χ1) is 16.7. The summed E-state index contributed by atoms with van der Waals surface area (Å²) in [7, 11) is 0. The number of halogens is 1. The molecule has 9 nitrogen and oxygen atoms in total. The van der Waals surface area contributed by atoms with E-state index < -0.39 is 0 Å². The molecule has 0 unspecified atom stereocenters. The highest BCUT2D eigenvalue weighted by atomic mass is 35.5. The van der Waals surface area contributed by atoms with Gasteiger partial charge in [0.1, 0.15) is 24.4 Å². The van der Waals surface area contributed by atoms with E-state index in [1.807, 2.05) is 45.9 Å². The Morgan fingerprint density at radius 2 is 1.86 bits per heavy atom. The lowest BCUT2D eigenvalue weighted by atomic mass is 10.1. The number of fused-ring (bicyclic) bond motifs is 1. The predicted molar refractivity (Wildman–Crippen MR) is 133 cm³/mol. The van der Waals surface area contributed by atoms with Gasteiger partial charge in [0.05, 0.1) is 11.4 Å². The first-order valence-corrected chi connectivity index (χ1v) is 11.5. The summed E-state index contributed by atoms with van der Waals surface area (Å²) in [5, 5.41) is 3.21. The fourth-order valence-corrected chi connectivity index (χ4v) is 3.81. The van der Waals surface area contributed by atoms with Gasteiger partial charge in [0.25, 0.3) is 17.2 Å². The van der Waals surface area contributed by atoms with E-state index in [2.05, 4.69) is 15.3 Å². The van der Waals surface area contributed by atoms with Crippen molar-refractivity contribution in [2.45, 2.75) is 40.3 Å². The van der Waals surface area contributed by atoms with Crippen LogP contribution in [0.25, 0.3) is 5.78 Å². The van der Waals surface area contributed by atoms with Gasteiger partial charge >= 0.3 is 0 Å².